The lowest BCUT2D eigenvalue weighted by Gasteiger charge is -2.13. The van der Waals surface area contributed by atoms with Gasteiger partial charge >= 0.3 is 0 Å². The van der Waals surface area contributed by atoms with Crippen LogP contribution in [0.4, 0.5) is 10.1 Å². The van der Waals surface area contributed by atoms with Crippen LogP contribution in [0.5, 0.6) is 5.88 Å². The van der Waals surface area contributed by atoms with E-state index in [4.69, 9.17) is 4.74 Å². The fourth-order valence-electron chi connectivity index (χ4n) is 2.52. The van der Waals surface area contributed by atoms with Crippen molar-refractivity contribution >= 4 is 28.1 Å². The average molecular weight is 446 g/mol. The highest BCUT2D eigenvalue weighted by Crippen LogP contribution is 2.23. The van der Waals surface area contributed by atoms with Gasteiger partial charge in [-0.2, -0.15) is 0 Å². The van der Waals surface area contributed by atoms with Crippen molar-refractivity contribution in [3.8, 4) is 5.88 Å². The highest BCUT2D eigenvalue weighted by molar-refractivity contribution is 7.92. The van der Waals surface area contributed by atoms with Crippen molar-refractivity contribution in [1.29, 1.82) is 0 Å². The van der Waals surface area contributed by atoms with E-state index in [1.165, 1.54) is 12.1 Å². The number of aromatic nitrogens is 1. The number of nitrogens with one attached hydrogen (secondary N) is 2. The molecule has 0 saturated heterocycles. The molecule has 1 aromatic carbocycles. The number of aryl methyl sites for hydroxylation is 1. The summed E-state index contributed by atoms with van der Waals surface area (Å²) in [4.78, 5) is 4.41. The topological polar surface area (TPSA) is 80.3 Å². The van der Waals surface area contributed by atoms with Crippen LogP contribution in [-0.2, 0) is 10.0 Å². The zero-order valence-electron chi connectivity index (χ0n) is 16.9. The first kappa shape index (κ1) is 25.1. The van der Waals surface area contributed by atoms with E-state index in [-0.39, 0.29) is 23.2 Å². The number of alkyl halides is 1. The molecule has 0 radical (unpaired) electrons. The standard InChI is InChI=1S/C20H28FN3O3S.ClH/c1-4-11-22-12-13-27-20-10-9-19(16(3)23-20)24-28(25,26)18-7-5-17(6-8-18)15(2)14-21;/h5-10,15,22,24H,4,11-14H2,1-3H3;1H/t15-;/m0./s1. The van der Waals surface area contributed by atoms with Gasteiger partial charge in [0.05, 0.1) is 23.0 Å². The van der Waals surface area contributed by atoms with Gasteiger partial charge in [0, 0.05) is 18.5 Å². The Balaban J connectivity index is 0.00000420. The summed E-state index contributed by atoms with van der Waals surface area (Å²) in [5, 5.41) is 3.23. The zero-order valence-corrected chi connectivity index (χ0v) is 18.6. The van der Waals surface area contributed by atoms with Gasteiger partial charge in [0.15, 0.2) is 0 Å². The number of ether oxygens (including phenoxy) is 1. The summed E-state index contributed by atoms with van der Waals surface area (Å²) in [6, 6.07) is 9.49. The van der Waals surface area contributed by atoms with Crippen LogP contribution in [0.3, 0.4) is 0 Å². The van der Waals surface area contributed by atoms with Crippen molar-refractivity contribution in [2.45, 2.75) is 38.0 Å². The predicted molar refractivity (Wildman–Crippen MR) is 117 cm³/mol. The van der Waals surface area contributed by atoms with Crippen molar-refractivity contribution in [3.05, 3.63) is 47.7 Å². The van der Waals surface area contributed by atoms with Crippen LogP contribution in [0, 0.1) is 6.92 Å². The summed E-state index contributed by atoms with van der Waals surface area (Å²) in [6.07, 6.45) is 1.06. The Labute approximate surface area is 178 Å². The second kappa shape index (κ2) is 11.9. The minimum Gasteiger partial charge on any atom is -0.476 e. The van der Waals surface area contributed by atoms with Gasteiger partial charge in [-0.3, -0.25) is 9.11 Å². The molecular formula is C20H29ClFN3O3S. The van der Waals surface area contributed by atoms with E-state index >= 15 is 0 Å². The number of halogens is 2. The molecule has 0 fully saturated rings. The molecule has 2 rings (SSSR count). The summed E-state index contributed by atoms with van der Waals surface area (Å²) in [5.41, 5.74) is 1.66. The molecule has 6 nitrogen and oxygen atoms in total. The Hall–Kier alpha value is -1.90. The molecule has 2 aromatic rings. The van der Waals surface area contributed by atoms with Crippen LogP contribution in [0.2, 0.25) is 0 Å². The van der Waals surface area contributed by atoms with E-state index in [1.807, 2.05) is 0 Å². The van der Waals surface area contributed by atoms with Crippen LogP contribution >= 0.6 is 12.4 Å². The molecule has 0 aliphatic carbocycles. The number of anilines is 1. The van der Waals surface area contributed by atoms with E-state index in [2.05, 4.69) is 21.9 Å². The lowest BCUT2D eigenvalue weighted by atomic mass is 10.0. The molecule has 0 bridgehead atoms. The van der Waals surface area contributed by atoms with Crippen molar-refractivity contribution in [1.82, 2.24) is 10.3 Å². The van der Waals surface area contributed by atoms with Crippen molar-refractivity contribution in [2.24, 2.45) is 0 Å². The third kappa shape index (κ3) is 7.45. The van der Waals surface area contributed by atoms with Gasteiger partial charge in [-0.25, -0.2) is 13.4 Å². The highest BCUT2D eigenvalue weighted by atomic mass is 35.5. The van der Waals surface area contributed by atoms with Gasteiger partial charge in [0.25, 0.3) is 10.0 Å². The molecule has 0 spiro atoms. The van der Waals surface area contributed by atoms with Crippen molar-refractivity contribution in [2.75, 3.05) is 31.1 Å². The fraction of sp³-hybridized carbons (Fsp3) is 0.450. The summed E-state index contributed by atoms with van der Waals surface area (Å²) < 4.78 is 46.1. The third-order valence-corrected chi connectivity index (χ3v) is 5.63. The van der Waals surface area contributed by atoms with Gasteiger partial charge in [0.1, 0.15) is 6.61 Å². The lowest BCUT2D eigenvalue weighted by molar-refractivity contribution is 0.302. The van der Waals surface area contributed by atoms with Gasteiger partial charge < -0.3 is 10.1 Å². The average Bonchev–Trinajstić information content (AvgIpc) is 2.69. The molecule has 1 heterocycles. The molecule has 0 aliphatic rings. The second-order valence-corrected chi connectivity index (χ2v) is 8.29. The molecule has 1 atom stereocenters. The summed E-state index contributed by atoms with van der Waals surface area (Å²) in [5.74, 6) is 0.184. The number of benzene rings is 1. The first-order valence-electron chi connectivity index (χ1n) is 9.37. The van der Waals surface area contributed by atoms with Crippen LogP contribution in [0.25, 0.3) is 0 Å². The molecule has 29 heavy (non-hydrogen) atoms. The van der Waals surface area contributed by atoms with Crippen molar-refractivity contribution in [3.63, 3.8) is 0 Å². The Morgan fingerprint density at radius 2 is 1.83 bits per heavy atom. The van der Waals surface area contributed by atoms with E-state index in [0.717, 1.165) is 25.1 Å². The molecular weight excluding hydrogens is 417 g/mol. The number of nitrogens with zero attached hydrogens (tertiary/aromatic N) is 1. The molecule has 0 amide bonds. The monoisotopic (exact) mass is 445 g/mol. The molecule has 9 heteroatoms. The fourth-order valence-corrected chi connectivity index (χ4v) is 3.64. The minimum atomic E-state index is -3.76. The molecule has 162 valence electrons. The molecule has 0 unspecified atom stereocenters. The molecule has 1 aromatic heterocycles. The number of hydrogen-bond acceptors (Lipinski definition) is 5. The number of rotatable bonds is 11. The smallest absolute Gasteiger partial charge is 0.261 e. The maximum absolute atomic E-state index is 12.8. The maximum Gasteiger partial charge on any atom is 0.261 e. The summed E-state index contributed by atoms with van der Waals surface area (Å²) in [6.45, 7) is 7.22. The van der Waals surface area contributed by atoms with E-state index in [1.54, 1.807) is 38.1 Å². The molecule has 0 saturated carbocycles. The quantitative estimate of drug-likeness (QED) is 0.510. The van der Waals surface area contributed by atoms with Gasteiger partial charge in [-0.05, 0) is 43.7 Å². The normalized spacial score (nSPS) is 12.1. The maximum atomic E-state index is 12.8. The van der Waals surface area contributed by atoms with Crippen molar-refractivity contribution < 1.29 is 17.5 Å². The first-order valence-corrected chi connectivity index (χ1v) is 10.9. The van der Waals surface area contributed by atoms with Gasteiger partial charge in [-0.1, -0.05) is 26.0 Å². The largest absolute Gasteiger partial charge is 0.476 e. The molecule has 2 N–H and O–H groups in total. The lowest BCUT2D eigenvalue weighted by Crippen LogP contribution is -2.21. The number of pyridine rings is 1. The second-order valence-electron chi connectivity index (χ2n) is 6.61. The molecule has 0 aliphatic heterocycles. The highest BCUT2D eigenvalue weighted by Gasteiger charge is 2.17. The van der Waals surface area contributed by atoms with E-state index in [0.29, 0.717) is 23.9 Å². The summed E-state index contributed by atoms with van der Waals surface area (Å²) >= 11 is 0. The number of sulfonamides is 1. The van der Waals surface area contributed by atoms with Gasteiger partial charge in [0.2, 0.25) is 5.88 Å². The Morgan fingerprint density at radius 1 is 1.14 bits per heavy atom. The van der Waals surface area contributed by atoms with Crippen LogP contribution in [-0.4, -0.2) is 39.8 Å². The summed E-state index contributed by atoms with van der Waals surface area (Å²) in [7, 11) is -3.76. The predicted octanol–water partition coefficient (Wildman–Crippen LogP) is 4.06. The van der Waals surface area contributed by atoms with Gasteiger partial charge in [-0.15, -0.1) is 12.4 Å². The third-order valence-electron chi connectivity index (χ3n) is 4.25. The zero-order chi connectivity index (χ0) is 20.6. The minimum absolute atomic E-state index is 0. The Morgan fingerprint density at radius 3 is 2.41 bits per heavy atom. The van der Waals surface area contributed by atoms with E-state index in [9.17, 15) is 12.8 Å². The van der Waals surface area contributed by atoms with E-state index < -0.39 is 16.7 Å². The van der Waals surface area contributed by atoms with Crippen LogP contribution in [0.15, 0.2) is 41.3 Å². The van der Waals surface area contributed by atoms with Crippen LogP contribution < -0.4 is 14.8 Å². The Kier molecular flexibility index (Phi) is 10.4. The first-order chi connectivity index (χ1) is 13.4. The Bertz CT molecular complexity index is 864. The SMILES string of the molecule is CCCNCCOc1ccc(NS(=O)(=O)c2ccc([C@@H](C)CF)cc2)c(C)n1.Cl. The number of hydrogen-bond donors (Lipinski definition) is 2. The van der Waals surface area contributed by atoms with Crippen LogP contribution in [0.1, 0.15) is 37.4 Å².